The lowest BCUT2D eigenvalue weighted by molar-refractivity contribution is 0.195. The van der Waals surface area contributed by atoms with Crippen LogP contribution in [0.2, 0.25) is 0 Å². The molecular formula is C13H24N4O. The molecular weight excluding hydrogens is 228 g/mol. The van der Waals surface area contributed by atoms with E-state index >= 15 is 0 Å². The molecule has 0 bridgehead atoms. The van der Waals surface area contributed by atoms with Crippen molar-refractivity contribution in [2.45, 2.75) is 20.4 Å². The summed E-state index contributed by atoms with van der Waals surface area (Å²) in [5, 5.41) is 3.37. The van der Waals surface area contributed by atoms with Crippen LogP contribution in [0, 0.1) is 13.8 Å². The number of likely N-dealkylation sites (N-methyl/N-ethyl adjacent to an activating group) is 1. The molecule has 0 spiro atoms. The van der Waals surface area contributed by atoms with Gasteiger partial charge >= 0.3 is 0 Å². The van der Waals surface area contributed by atoms with Crippen molar-refractivity contribution in [3.05, 3.63) is 17.3 Å². The molecule has 2 rings (SSSR count). The Morgan fingerprint density at radius 1 is 1.33 bits per heavy atom. The molecule has 102 valence electrons. The Kier molecular flexibility index (Phi) is 4.74. The fourth-order valence-corrected chi connectivity index (χ4v) is 2.16. The van der Waals surface area contributed by atoms with Crippen LogP contribution in [0.1, 0.15) is 17.3 Å². The molecule has 18 heavy (non-hydrogen) atoms. The zero-order chi connectivity index (χ0) is 13.0. The number of aromatic nitrogens is 1. The molecule has 1 aliphatic heterocycles. The molecule has 5 nitrogen and oxygen atoms in total. The maximum Gasteiger partial charge on any atom is 0.208 e. The average molecular weight is 252 g/mol. The van der Waals surface area contributed by atoms with E-state index in [1.807, 2.05) is 13.8 Å². The summed E-state index contributed by atoms with van der Waals surface area (Å²) in [7, 11) is 2.12. The molecule has 0 aliphatic carbocycles. The summed E-state index contributed by atoms with van der Waals surface area (Å²) in [6, 6.07) is 0. The van der Waals surface area contributed by atoms with Gasteiger partial charge in [-0.3, -0.25) is 9.80 Å². The summed E-state index contributed by atoms with van der Waals surface area (Å²) in [5.41, 5.74) is 1.00. The number of hydrogen-bond acceptors (Lipinski definition) is 5. The van der Waals surface area contributed by atoms with Crippen molar-refractivity contribution in [1.29, 1.82) is 0 Å². The lowest BCUT2D eigenvalue weighted by Gasteiger charge is -2.28. The van der Waals surface area contributed by atoms with Gasteiger partial charge in [-0.05, 0) is 20.9 Å². The molecule has 0 saturated carbocycles. The second-order valence-corrected chi connectivity index (χ2v) is 5.08. The molecule has 0 radical (unpaired) electrons. The predicted molar refractivity (Wildman–Crippen MR) is 71.6 cm³/mol. The monoisotopic (exact) mass is 252 g/mol. The second kappa shape index (κ2) is 6.31. The standard InChI is InChI=1S/C13H24N4O/c1-11-12(2)18-13(15-11)10-16(3)8-9-17-6-4-14-5-7-17/h14H,4-10H2,1-3H3. The third kappa shape index (κ3) is 3.80. The smallest absolute Gasteiger partial charge is 0.208 e. The van der Waals surface area contributed by atoms with E-state index in [9.17, 15) is 0 Å². The first-order valence-electron chi connectivity index (χ1n) is 6.69. The normalized spacial score (nSPS) is 17.6. The van der Waals surface area contributed by atoms with Crippen LogP contribution in [-0.2, 0) is 6.54 Å². The Labute approximate surface area is 109 Å². The summed E-state index contributed by atoms with van der Waals surface area (Å²) in [5.74, 6) is 1.76. The maximum absolute atomic E-state index is 5.60. The van der Waals surface area contributed by atoms with Crippen molar-refractivity contribution in [2.75, 3.05) is 46.3 Å². The Balaban J connectivity index is 1.72. The van der Waals surface area contributed by atoms with E-state index < -0.39 is 0 Å². The highest BCUT2D eigenvalue weighted by Gasteiger charge is 2.12. The van der Waals surface area contributed by atoms with E-state index in [0.29, 0.717) is 0 Å². The van der Waals surface area contributed by atoms with Gasteiger partial charge in [0.25, 0.3) is 0 Å². The highest BCUT2D eigenvalue weighted by Crippen LogP contribution is 2.09. The molecule has 5 heteroatoms. The fraction of sp³-hybridized carbons (Fsp3) is 0.769. The molecule has 2 heterocycles. The molecule has 1 aromatic rings. The quantitative estimate of drug-likeness (QED) is 0.832. The van der Waals surface area contributed by atoms with Crippen molar-refractivity contribution >= 4 is 0 Å². The van der Waals surface area contributed by atoms with Gasteiger partial charge in [0.05, 0.1) is 12.2 Å². The fourth-order valence-electron chi connectivity index (χ4n) is 2.16. The lowest BCUT2D eigenvalue weighted by atomic mass is 10.3. The third-order valence-electron chi connectivity index (χ3n) is 3.49. The van der Waals surface area contributed by atoms with Gasteiger partial charge in [0.1, 0.15) is 5.76 Å². The van der Waals surface area contributed by atoms with Crippen molar-refractivity contribution in [3.8, 4) is 0 Å². The zero-order valence-electron chi connectivity index (χ0n) is 11.7. The Bertz CT molecular complexity index is 352. The Morgan fingerprint density at radius 2 is 2.06 bits per heavy atom. The van der Waals surface area contributed by atoms with Crippen LogP contribution >= 0.6 is 0 Å². The molecule has 0 aromatic carbocycles. The van der Waals surface area contributed by atoms with Gasteiger partial charge in [0, 0.05) is 39.3 Å². The molecule has 1 fully saturated rings. The number of oxazole rings is 1. The van der Waals surface area contributed by atoms with E-state index in [1.165, 1.54) is 0 Å². The summed E-state index contributed by atoms with van der Waals surface area (Å²) in [6.07, 6.45) is 0. The van der Waals surface area contributed by atoms with Crippen molar-refractivity contribution in [2.24, 2.45) is 0 Å². The molecule has 1 N–H and O–H groups in total. The number of piperazine rings is 1. The number of nitrogens with zero attached hydrogens (tertiary/aromatic N) is 3. The SMILES string of the molecule is Cc1nc(CN(C)CCN2CCNCC2)oc1C. The Morgan fingerprint density at radius 3 is 2.67 bits per heavy atom. The number of hydrogen-bond donors (Lipinski definition) is 1. The average Bonchev–Trinajstić information content (AvgIpc) is 2.67. The highest BCUT2D eigenvalue weighted by atomic mass is 16.4. The van der Waals surface area contributed by atoms with Crippen LogP contribution in [0.3, 0.4) is 0 Å². The van der Waals surface area contributed by atoms with Gasteiger partial charge in [-0.2, -0.15) is 0 Å². The van der Waals surface area contributed by atoms with E-state index in [-0.39, 0.29) is 0 Å². The van der Waals surface area contributed by atoms with E-state index in [4.69, 9.17) is 4.42 Å². The van der Waals surface area contributed by atoms with E-state index in [2.05, 4.69) is 27.1 Å². The van der Waals surface area contributed by atoms with E-state index in [1.54, 1.807) is 0 Å². The van der Waals surface area contributed by atoms with Crippen LogP contribution < -0.4 is 5.32 Å². The van der Waals surface area contributed by atoms with Crippen LogP contribution in [0.4, 0.5) is 0 Å². The zero-order valence-corrected chi connectivity index (χ0v) is 11.7. The minimum atomic E-state index is 0.792. The molecule has 0 unspecified atom stereocenters. The first-order valence-corrected chi connectivity index (χ1v) is 6.69. The molecule has 1 saturated heterocycles. The number of rotatable bonds is 5. The topological polar surface area (TPSA) is 44.5 Å². The highest BCUT2D eigenvalue weighted by molar-refractivity contribution is 5.05. The number of aryl methyl sites for hydroxylation is 2. The van der Waals surface area contributed by atoms with E-state index in [0.717, 1.165) is 63.2 Å². The molecule has 0 amide bonds. The minimum absolute atomic E-state index is 0.792. The van der Waals surface area contributed by atoms with Crippen LogP contribution in [-0.4, -0.2) is 61.1 Å². The first-order chi connectivity index (χ1) is 8.65. The van der Waals surface area contributed by atoms with Gasteiger partial charge in [-0.15, -0.1) is 0 Å². The van der Waals surface area contributed by atoms with Crippen molar-refractivity contribution < 1.29 is 4.42 Å². The van der Waals surface area contributed by atoms with Crippen molar-refractivity contribution in [1.82, 2.24) is 20.1 Å². The lowest BCUT2D eigenvalue weighted by Crippen LogP contribution is -2.45. The van der Waals surface area contributed by atoms with Crippen molar-refractivity contribution in [3.63, 3.8) is 0 Å². The molecule has 1 aromatic heterocycles. The molecule has 1 aliphatic rings. The second-order valence-electron chi connectivity index (χ2n) is 5.08. The summed E-state index contributed by atoms with van der Waals surface area (Å²) in [4.78, 5) is 9.18. The third-order valence-corrected chi connectivity index (χ3v) is 3.49. The van der Waals surface area contributed by atoms with Gasteiger partial charge in [-0.1, -0.05) is 0 Å². The minimum Gasteiger partial charge on any atom is -0.444 e. The number of nitrogens with one attached hydrogen (secondary N) is 1. The summed E-state index contributed by atoms with van der Waals surface area (Å²) < 4.78 is 5.60. The van der Waals surface area contributed by atoms with Gasteiger partial charge < -0.3 is 9.73 Å². The van der Waals surface area contributed by atoms with Gasteiger partial charge in [0.15, 0.2) is 0 Å². The largest absolute Gasteiger partial charge is 0.444 e. The predicted octanol–water partition coefficient (Wildman–Crippen LogP) is 0.628. The molecule has 0 atom stereocenters. The Hall–Kier alpha value is -0.910. The van der Waals surface area contributed by atoms with Crippen LogP contribution in [0.25, 0.3) is 0 Å². The van der Waals surface area contributed by atoms with Gasteiger partial charge in [-0.25, -0.2) is 4.98 Å². The first kappa shape index (κ1) is 13.5. The summed E-state index contributed by atoms with van der Waals surface area (Å²) in [6.45, 7) is 11.5. The van der Waals surface area contributed by atoms with Gasteiger partial charge in [0.2, 0.25) is 5.89 Å². The maximum atomic E-state index is 5.60. The van der Waals surface area contributed by atoms with Crippen LogP contribution in [0.15, 0.2) is 4.42 Å². The van der Waals surface area contributed by atoms with Crippen LogP contribution in [0.5, 0.6) is 0 Å². The summed E-state index contributed by atoms with van der Waals surface area (Å²) >= 11 is 0.